The molecule has 6 nitrogen and oxygen atoms in total. The molecular weight excluding hydrogens is 244 g/mol. The van der Waals surface area contributed by atoms with Gasteiger partial charge in [0, 0.05) is 13.2 Å². The van der Waals surface area contributed by atoms with Gasteiger partial charge < -0.3 is 16.4 Å². The molecular formula is C13H20N4O2. The molecule has 0 spiro atoms. The lowest BCUT2D eigenvalue weighted by molar-refractivity contribution is -0.122. The highest BCUT2D eigenvalue weighted by Crippen LogP contribution is 2.09. The molecule has 0 fully saturated rings. The van der Waals surface area contributed by atoms with Gasteiger partial charge in [0.1, 0.15) is 6.04 Å². The van der Waals surface area contributed by atoms with Crippen molar-refractivity contribution in [2.75, 3.05) is 12.8 Å². The highest BCUT2D eigenvalue weighted by atomic mass is 16.2. The quantitative estimate of drug-likeness (QED) is 0.723. The van der Waals surface area contributed by atoms with E-state index in [1.165, 1.54) is 13.2 Å². The van der Waals surface area contributed by atoms with Crippen molar-refractivity contribution in [2.45, 2.75) is 26.3 Å². The molecule has 104 valence electrons. The molecule has 4 N–H and O–H groups in total. The van der Waals surface area contributed by atoms with Gasteiger partial charge >= 0.3 is 0 Å². The maximum absolute atomic E-state index is 12.0. The van der Waals surface area contributed by atoms with E-state index in [0.717, 1.165) is 0 Å². The first kappa shape index (κ1) is 14.9. The molecule has 19 heavy (non-hydrogen) atoms. The first-order valence-electron chi connectivity index (χ1n) is 6.18. The summed E-state index contributed by atoms with van der Waals surface area (Å²) >= 11 is 0. The van der Waals surface area contributed by atoms with Crippen molar-refractivity contribution in [3.63, 3.8) is 0 Å². The smallest absolute Gasteiger partial charge is 0.272 e. The number of carbonyl (C=O) groups excluding carboxylic acids is 2. The third-order valence-corrected chi connectivity index (χ3v) is 2.63. The molecule has 0 saturated heterocycles. The van der Waals surface area contributed by atoms with Gasteiger partial charge in [-0.1, -0.05) is 13.8 Å². The number of pyridine rings is 1. The topological polar surface area (TPSA) is 97.1 Å². The van der Waals surface area contributed by atoms with Crippen LogP contribution in [0.5, 0.6) is 0 Å². The fourth-order valence-corrected chi connectivity index (χ4v) is 1.71. The molecule has 1 heterocycles. The van der Waals surface area contributed by atoms with Crippen LogP contribution in [0.4, 0.5) is 5.69 Å². The van der Waals surface area contributed by atoms with Crippen molar-refractivity contribution in [3.8, 4) is 0 Å². The van der Waals surface area contributed by atoms with Crippen LogP contribution in [0.1, 0.15) is 30.8 Å². The zero-order chi connectivity index (χ0) is 14.4. The van der Waals surface area contributed by atoms with Gasteiger partial charge in [0.25, 0.3) is 5.91 Å². The Morgan fingerprint density at radius 3 is 2.63 bits per heavy atom. The van der Waals surface area contributed by atoms with Gasteiger partial charge in [-0.05, 0) is 24.5 Å². The Morgan fingerprint density at radius 2 is 2.11 bits per heavy atom. The van der Waals surface area contributed by atoms with E-state index in [4.69, 9.17) is 5.73 Å². The highest BCUT2D eigenvalue weighted by molar-refractivity contribution is 5.99. The largest absolute Gasteiger partial charge is 0.397 e. The first-order chi connectivity index (χ1) is 8.95. The summed E-state index contributed by atoms with van der Waals surface area (Å²) < 4.78 is 0. The van der Waals surface area contributed by atoms with Crippen LogP contribution in [0.2, 0.25) is 0 Å². The molecule has 1 atom stereocenters. The molecule has 0 saturated carbocycles. The number of amides is 2. The lowest BCUT2D eigenvalue weighted by atomic mass is 10.0. The minimum Gasteiger partial charge on any atom is -0.397 e. The number of hydrogen-bond acceptors (Lipinski definition) is 4. The number of aromatic nitrogens is 1. The molecule has 0 bridgehead atoms. The Labute approximate surface area is 112 Å². The van der Waals surface area contributed by atoms with Crippen LogP contribution in [0.25, 0.3) is 0 Å². The molecule has 1 rings (SSSR count). The number of hydrogen-bond donors (Lipinski definition) is 3. The van der Waals surface area contributed by atoms with Crippen LogP contribution in [0.3, 0.4) is 0 Å². The van der Waals surface area contributed by atoms with Crippen LogP contribution in [0, 0.1) is 5.92 Å². The molecule has 0 aromatic carbocycles. The van der Waals surface area contributed by atoms with E-state index in [1.54, 1.807) is 12.1 Å². The maximum Gasteiger partial charge on any atom is 0.272 e. The fourth-order valence-electron chi connectivity index (χ4n) is 1.71. The molecule has 6 heteroatoms. The summed E-state index contributed by atoms with van der Waals surface area (Å²) in [5.41, 5.74) is 6.11. The number of likely N-dealkylation sites (N-methyl/N-ethyl adjacent to an activating group) is 1. The zero-order valence-electron chi connectivity index (χ0n) is 11.4. The van der Waals surface area contributed by atoms with Crippen LogP contribution < -0.4 is 16.4 Å². The summed E-state index contributed by atoms with van der Waals surface area (Å²) in [7, 11) is 1.54. The van der Waals surface area contributed by atoms with Gasteiger partial charge in [-0.25, -0.2) is 4.98 Å². The summed E-state index contributed by atoms with van der Waals surface area (Å²) in [5.74, 6) is -0.382. The van der Waals surface area contributed by atoms with Crippen LogP contribution in [0.15, 0.2) is 18.3 Å². The lowest BCUT2D eigenvalue weighted by Crippen LogP contribution is -2.46. The second-order valence-electron chi connectivity index (χ2n) is 4.71. The summed E-state index contributed by atoms with van der Waals surface area (Å²) in [6.07, 6.45) is 2.04. The molecule has 0 aliphatic heterocycles. The SMILES string of the molecule is CNC(=O)C(CC(C)C)NC(=O)c1ncccc1N. The highest BCUT2D eigenvalue weighted by Gasteiger charge is 2.22. The second-order valence-corrected chi connectivity index (χ2v) is 4.71. The minimum absolute atomic E-state index is 0.139. The lowest BCUT2D eigenvalue weighted by Gasteiger charge is -2.19. The number of carbonyl (C=O) groups is 2. The summed E-state index contributed by atoms with van der Waals surface area (Å²) in [6.45, 7) is 3.97. The number of anilines is 1. The molecule has 1 aromatic heterocycles. The first-order valence-corrected chi connectivity index (χ1v) is 6.18. The van der Waals surface area contributed by atoms with E-state index in [-0.39, 0.29) is 17.5 Å². The monoisotopic (exact) mass is 264 g/mol. The fraction of sp³-hybridized carbons (Fsp3) is 0.462. The Bertz CT molecular complexity index is 460. The van der Waals surface area contributed by atoms with Crippen molar-refractivity contribution >= 4 is 17.5 Å². The van der Waals surface area contributed by atoms with Gasteiger partial charge in [0.2, 0.25) is 5.91 Å². The Kier molecular flexibility index (Phi) is 5.29. The molecule has 1 unspecified atom stereocenters. The van der Waals surface area contributed by atoms with Gasteiger partial charge in [-0.15, -0.1) is 0 Å². The van der Waals surface area contributed by atoms with Gasteiger partial charge in [-0.3, -0.25) is 9.59 Å². The molecule has 0 aliphatic carbocycles. The number of nitrogens with two attached hydrogens (primary N) is 1. The number of nitrogen functional groups attached to an aromatic ring is 1. The summed E-state index contributed by atoms with van der Waals surface area (Å²) in [5, 5.41) is 5.20. The van der Waals surface area contributed by atoms with Crippen LogP contribution in [-0.2, 0) is 4.79 Å². The molecule has 0 radical (unpaired) electrons. The van der Waals surface area contributed by atoms with Crippen molar-refractivity contribution in [3.05, 3.63) is 24.0 Å². The minimum atomic E-state index is -0.584. The predicted octanol–water partition coefficient (Wildman–Crippen LogP) is 0.554. The Morgan fingerprint density at radius 1 is 1.42 bits per heavy atom. The average Bonchev–Trinajstić information content (AvgIpc) is 2.36. The number of nitrogens with zero attached hydrogens (tertiary/aromatic N) is 1. The molecule has 2 amide bonds. The van der Waals surface area contributed by atoms with Crippen LogP contribution in [-0.4, -0.2) is 29.9 Å². The van der Waals surface area contributed by atoms with E-state index in [9.17, 15) is 9.59 Å². The van der Waals surface area contributed by atoms with E-state index in [2.05, 4.69) is 15.6 Å². The van der Waals surface area contributed by atoms with Crippen molar-refractivity contribution in [1.82, 2.24) is 15.6 Å². The van der Waals surface area contributed by atoms with Gasteiger partial charge in [-0.2, -0.15) is 0 Å². The standard InChI is InChI=1S/C13H20N4O2/c1-8(2)7-10(12(18)15-3)17-13(19)11-9(14)5-4-6-16-11/h4-6,8,10H,7,14H2,1-3H3,(H,15,18)(H,17,19). The normalized spacial score (nSPS) is 12.0. The zero-order valence-corrected chi connectivity index (χ0v) is 11.4. The summed E-state index contributed by atoms with van der Waals surface area (Å²) in [4.78, 5) is 27.7. The Hall–Kier alpha value is -2.11. The van der Waals surface area contributed by atoms with Gasteiger partial charge in [0.15, 0.2) is 5.69 Å². The third-order valence-electron chi connectivity index (χ3n) is 2.63. The number of rotatable bonds is 5. The Balaban J connectivity index is 2.82. The molecule has 1 aromatic rings. The van der Waals surface area contributed by atoms with Gasteiger partial charge in [0.05, 0.1) is 5.69 Å². The average molecular weight is 264 g/mol. The van der Waals surface area contributed by atoms with E-state index >= 15 is 0 Å². The third kappa shape index (κ3) is 4.24. The molecule has 0 aliphatic rings. The number of nitrogens with one attached hydrogen (secondary N) is 2. The van der Waals surface area contributed by atoms with E-state index in [0.29, 0.717) is 12.1 Å². The van der Waals surface area contributed by atoms with E-state index < -0.39 is 11.9 Å². The van der Waals surface area contributed by atoms with Crippen molar-refractivity contribution in [2.24, 2.45) is 5.92 Å². The predicted molar refractivity (Wildman–Crippen MR) is 73.4 cm³/mol. The van der Waals surface area contributed by atoms with Crippen molar-refractivity contribution in [1.29, 1.82) is 0 Å². The summed E-state index contributed by atoms with van der Waals surface area (Å²) in [6, 6.07) is 2.66. The van der Waals surface area contributed by atoms with Crippen molar-refractivity contribution < 1.29 is 9.59 Å². The van der Waals surface area contributed by atoms with E-state index in [1.807, 2.05) is 13.8 Å². The van der Waals surface area contributed by atoms with Crippen LogP contribution >= 0.6 is 0 Å². The second kappa shape index (κ2) is 6.72. The maximum atomic E-state index is 12.0.